The van der Waals surface area contributed by atoms with Gasteiger partial charge in [-0.1, -0.05) is 11.2 Å². The molecule has 0 unspecified atom stereocenters. The predicted octanol–water partition coefficient (Wildman–Crippen LogP) is 4.29. The number of amides is 1. The Morgan fingerprint density at radius 2 is 2.16 bits per heavy atom. The standard InChI is InChI=1S/C17H18N4O3S/c1-3-23-17(22)19-14-6-4-5-13(11(14)2)18-9-15-20-16(21-24-15)12-7-8-25-10-12/h4-8,10,18H,3,9H2,1-2H3,(H,19,22). The third kappa shape index (κ3) is 4.16. The van der Waals surface area contributed by atoms with Crippen molar-refractivity contribution in [3.63, 3.8) is 0 Å². The van der Waals surface area contributed by atoms with Gasteiger partial charge in [0.2, 0.25) is 11.7 Å². The van der Waals surface area contributed by atoms with Crippen LogP contribution in [0.15, 0.2) is 39.5 Å². The number of carbonyl (C=O) groups excluding carboxylic acids is 1. The van der Waals surface area contributed by atoms with E-state index in [1.165, 1.54) is 0 Å². The molecule has 0 aliphatic heterocycles. The number of benzene rings is 1. The molecule has 1 aromatic carbocycles. The molecule has 130 valence electrons. The number of nitrogens with one attached hydrogen (secondary N) is 2. The summed E-state index contributed by atoms with van der Waals surface area (Å²) in [5.74, 6) is 1.07. The van der Waals surface area contributed by atoms with E-state index >= 15 is 0 Å². The van der Waals surface area contributed by atoms with E-state index in [-0.39, 0.29) is 0 Å². The average Bonchev–Trinajstić information content (AvgIpc) is 3.27. The van der Waals surface area contributed by atoms with Crippen LogP contribution in [0.5, 0.6) is 0 Å². The van der Waals surface area contributed by atoms with Crippen LogP contribution in [0.1, 0.15) is 18.4 Å². The zero-order valence-electron chi connectivity index (χ0n) is 13.9. The highest BCUT2D eigenvalue weighted by atomic mass is 32.1. The number of anilines is 2. The zero-order valence-corrected chi connectivity index (χ0v) is 14.7. The van der Waals surface area contributed by atoms with Gasteiger partial charge in [-0.15, -0.1) is 0 Å². The molecule has 0 atom stereocenters. The molecule has 0 saturated carbocycles. The summed E-state index contributed by atoms with van der Waals surface area (Å²) in [6.07, 6.45) is -0.472. The number of carbonyl (C=O) groups is 1. The molecule has 3 rings (SSSR count). The maximum atomic E-state index is 11.6. The van der Waals surface area contributed by atoms with E-state index in [2.05, 4.69) is 20.8 Å². The minimum absolute atomic E-state index is 0.326. The first-order chi connectivity index (χ1) is 12.2. The number of thiophene rings is 1. The van der Waals surface area contributed by atoms with Gasteiger partial charge in [0.15, 0.2) is 0 Å². The minimum Gasteiger partial charge on any atom is -0.450 e. The SMILES string of the molecule is CCOC(=O)Nc1cccc(NCc2nc(-c3ccsc3)no2)c1C. The highest BCUT2D eigenvalue weighted by molar-refractivity contribution is 7.08. The van der Waals surface area contributed by atoms with Crippen LogP contribution in [0, 0.1) is 6.92 Å². The van der Waals surface area contributed by atoms with E-state index in [9.17, 15) is 4.79 Å². The second-order valence-electron chi connectivity index (χ2n) is 5.20. The van der Waals surface area contributed by atoms with E-state index in [4.69, 9.17) is 9.26 Å². The maximum absolute atomic E-state index is 11.6. The minimum atomic E-state index is -0.472. The molecule has 0 spiro atoms. The summed E-state index contributed by atoms with van der Waals surface area (Å²) in [7, 11) is 0. The van der Waals surface area contributed by atoms with Crippen molar-refractivity contribution in [1.29, 1.82) is 0 Å². The van der Waals surface area contributed by atoms with Crippen LogP contribution in [0.3, 0.4) is 0 Å². The first-order valence-corrected chi connectivity index (χ1v) is 8.74. The summed E-state index contributed by atoms with van der Waals surface area (Å²) in [5.41, 5.74) is 3.39. The molecule has 0 aliphatic carbocycles. The van der Waals surface area contributed by atoms with Gasteiger partial charge in [0.25, 0.3) is 0 Å². The van der Waals surface area contributed by atoms with Crippen molar-refractivity contribution in [2.45, 2.75) is 20.4 Å². The monoisotopic (exact) mass is 358 g/mol. The number of nitrogens with zero attached hydrogens (tertiary/aromatic N) is 2. The highest BCUT2D eigenvalue weighted by Crippen LogP contribution is 2.24. The predicted molar refractivity (Wildman–Crippen MR) is 96.8 cm³/mol. The van der Waals surface area contributed by atoms with Crippen LogP contribution in [-0.4, -0.2) is 22.8 Å². The molecule has 0 aliphatic rings. The Bertz CT molecular complexity index is 845. The summed E-state index contributed by atoms with van der Waals surface area (Å²) in [4.78, 5) is 16.0. The summed E-state index contributed by atoms with van der Waals surface area (Å²) < 4.78 is 10.2. The Labute approximate surface area is 149 Å². The van der Waals surface area contributed by atoms with Gasteiger partial charge in [0, 0.05) is 22.3 Å². The van der Waals surface area contributed by atoms with Gasteiger partial charge >= 0.3 is 6.09 Å². The van der Waals surface area contributed by atoms with E-state index in [1.54, 1.807) is 18.3 Å². The van der Waals surface area contributed by atoms with E-state index in [0.29, 0.717) is 30.6 Å². The van der Waals surface area contributed by atoms with Gasteiger partial charge in [0.05, 0.1) is 13.2 Å². The zero-order chi connectivity index (χ0) is 17.6. The molecule has 3 aromatic rings. The molecule has 1 amide bonds. The molecule has 0 radical (unpaired) electrons. The Morgan fingerprint density at radius 3 is 2.92 bits per heavy atom. The Balaban J connectivity index is 1.66. The molecule has 0 saturated heterocycles. The van der Waals surface area contributed by atoms with Gasteiger partial charge in [-0.3, -0.25) is 5.32 Å². The van der Waals surface area contributed by atoms with Crippen molar-refractivity contribution in [1.82, 2.24) is 10.1 Å². The summed E-state index contributed by atoms with van der Waals surface area (Å²) >= 11 is 1.58. The fourth-order valence-corrected chi connectivity index (χ4v) is 2.88. The normalized spacial score (nSPS) is 10.5. The van der Waals surface area contributed by atoms with Crippen LogP contribution in [-0.2, 0) is 11.3 Å². The smallest absolute Gasteiger partial charge is 0.411 e. The third-order valence-electron chi connectivity index (χ3n) is 3.52. The summed E-state index contributed by atoms with van der Waals surface area (Å²) in [6.45, 7) is 4.39. The summed E-state index contributed by atoms with van der Waals surface area (Å²) in [5, 5.41) is 13.9. The van der Waals surface area contributed by atoms with Gasteiger partial charge < -0.3 is 14.6 Å². The van der Waals surface area contributed by atoms with Crippen molar-refractivity contribution < 1.29 is 14.1 Å². The Kier molecular flexibility index (Phi) is 5.30. The van der Waals surface area contributed by atoms with Gasteiger partial charge in [-0.2, -0.15) is 16.3 Å². The number of aromatic nitrogens is 2. The van der Waals surface area contributed by atoms with E-state index < -0.39 is 6.09 Å². The largest absolute Gasteiger partial charge is 0.450 e. The first kappa shape index (κ1) is 17.0. The first-order valence-electron chi connectivity index (χ1n) is 7.79. The number of ether oxygens (including phenoxy) is 1. The molecule has 8 heteroatoms. The quantitative estimate of drug-likeness (QED) is 0.683. The Morgan fingerprint density at radius 1 is 1.32 bits per heavy atom. The lowest BCUT2D eigenvalue weighted by molar-refractivity contribution is 0.168. The third-order valence-corrected chi connectivity index (χ3v) is 4.21. The van der Waals surface area contributed by atoms with Crippen molar-refractivity contribution in [3.8, 4) is 11.4 Å². The van der Waals surface area contributed by atoms with Gasteiger partial charge in [-0.25, -0.2) is 4.79 Å². The van der Waals surface area contributed by atoms with E-state index in [0.717, 1.165) is 16.8 Å². The van der Waals surface area contributed by atoms with E-state index in [1.807, 2.05) is 41.9 Å². The lowest BCUT2D eigenvalue weighted by Crippen LogP contribution is -2.14. The van der Waals surface area contributed by atoms with Gasteiger partial charge in [0.1, 0.15) is 0 Å². The van der Waals surface area contributed by atoms with Gasteiger partial charge in [-0.05, 0) is 43.0 Å². The molecule has 2 N–H and O–H groups in total. The lowest BCUT2D eigenvalue weighted by Gasteiger charge is -2.13. The number of hydrogen-bond donors (Lipinski definition) is 2. The topological polar surface area (TPSA) is 89.3 Å². The second kappa shape index (κ2) is 7.80. The molecule has 0 fully saturated rings. The lowest BCUT2D eigenvalue weighted by atomic mass is 10.1. The molecule has 7 nitrogen and oxygen atoms in total. The number of hydrogen-bond acceptors (Lipinski definition) is 7. The van der Waals surface area contributed by atoms with Crippen LogP contribution < -0.4 is 10.6 Å². The van der Waals surface area contributed by atoms with Crippen molar-refractivity contribution in [2.24, 2.45) is 0 Å². The molecule has 2 heterocycles. The van der Waals surface area contributed by atoms with Crippen LogP contribution >= 0.6 is 11.3 Å². The fraction of sp³-hybridized carbons (Fsp3) is 0.235. The van der Waals surface area contributed by atoms with Crippen LogP contribution in [0.4, 0.5) is 16.2 Å². The van der Waals surface area contributed by atoms with Crippen molar-refractivity contribution >= 4 is 28.8 Å². The molecular formula is C17H18N4O3S. The number of rotatable bonds is 6. The molecule has 25 heavy (non-hydrogen) atoms. The Hall–Kier alpha value is -2.87. The fourth-order valence-electron chi connectivity index (χ4n) is 2.25. The molecule has 0 bridgehead atoms. The maximum Gasteiger partial charge on any atom is 0.411 e. The molecule has 2 aromatic heterocycles. The van der Waals surface area contributed by atoms with Crippen molar-refractivity contribution in [2.75, 3.05) is 17.2 Å². The van der Waals surface area contributed by atoms with Crippen LogP contribution in [0.2, 0.25) is 0 Å². The average molecular weight is 358 g/mol. The molecular weight excluding hydrogens is 340 g/mol. The van der Waals surface area contributed by atoms with Crippen LogP contribution in [0.25, 0.3) is 11.4 Å². The van der Waals surface area contributed by atoms with Crippen molar-refractivity contribution in [3.05, 3.63) is 46.5 Å². The highest BCUT2D eigenvalue weighted by Gasteiger charge is 2.11. The second-order valence-corrected chi connectivity index (χ2v) is 5.98. The summed E-state index contributed by atoms with van der Waals surface area (Å²) in [6, 6.07) is 7.53.